The zero-order valence-electron chi connectivity index (χ0n) is 15.4. The quantitative estimate of drug-likeness (QED) is 0.476. The molecule has 1 aromatic heterocycles. The fraction of sp³-hybridized carbons (Fsp3) is 0.333. The Balaban J connectivity index is 1.88. The van der Waals surface area contributed by atoms with Crippen LogP contribution in [0, 0.1) is 0 Å². The highest BCUT2D eigenvalue weighted by molar-refractivity contribution is 6.35. The Morgan fingerprint density at radius 1 is 1.11 bits per heavy atom. The van der Waals surface area contributed by atoms with Gasteiger partial charge in [-0.25, -0.2) is 4.98 Å². The van der Waals surface area contributed by atoms with E-state index in [1.165, 1.54) is 5.56 Å². The molecule has 0 spiro atoms. The SMILES string of the molecule is CCC(CC)c1ccc(Cl)c2nc3n(c12)CCN3c1ccc(C=O)cc1Cl. The zero-order chi connectivity index (χ0) is 19.1. The van der Waals surface area contributed by atoms with Crippen LogP contribution < -0.4 is 4.90 Å². The number of imidazole rings is 1. The molecule has 0 atom stereocenters. The van der Waals surface area contributed by atoms with Crippen LogP contribution in [0.25, 0.3) is 11.0 Å². The fourth-order valence-electron chi connectivity index (χ4n) is 4.04. The molecule has 0 amide bonds. The first-order valence-electron chi connectivity index (χ1n) is 9.29. The summed E-state index contributed by atoms with van der Waals surface area (Å²) >= 11 is 12.9. The molecule has 0 N–H and O–H groups in total. The predicted molar refractivity (Wildman–Crippen MR) is 112 cm³/mol. The third-order valence-electron chi connectivity index (χ3n) is 5.47. The number of benzene rings is 2. The van der Waals surface area contributed by atoms with E-state index in [4.69, 9.17) is 28.2 Å². The van der Waals surface area contributed by atoms with E-state index in [1.54, 1.807) is 12.1 Å². The Bertz CT molecular complexity index is 1020. The lowest BCUT2D eigenvalue weighted by atomic mass is 9.93. The number of aldehydes is 1. The number of rotatable bonds is 5. The van der Waals surface area contributed by atoms with Gasteiger partial charge in [0.15, 0.2) is 0 Å². The lowest BCUT2D eigenvalue weighted by molar-refractivity contribution is 0.112. The van der Waals surface area contributed by atoms with Gasteiger partial charge in [0.1, 0.15) is 11.8 Å². The van der Waals surface area contributed by atoms with Crippen molar-refractivity contribution in [1.29, 1.82) is 0 Å². The Morgan fingerprint density at radius 3 is 2.56 bits per heavy atom. The second-order valence-corrected chi connectivity index (χ2v) is 7.71. The van der Waals surface area contributed by atoms with E-state index in [-0.39, 0.29) is 0 Å². The highest BCUT2D eigenvalue weighted by Gasteiger charge is 2.29. The van der Waals surface area contributed by atoms with Gasteiger partial charge in [0.2, 0.25) is 5.95 Å². The molecule has 0 aliphatic carbocycles. The molecule has 0 unspecified atom stereocenters. The lowest BCUT2D eigenvalue weighted by Gasteiger charge is -2.17. The first kappa shape index (κ1) is 18.3. The topological polar surface area (TPSA) is 38.1 Å². The zero-order valence-corrected chi connectivity index (χ0v) is 16.9. The van der Waals surface area contributed by atoms with Crippen LogP contribution >= 0.6 is 23.2 Å². The molecule has 27 heavy (non-hydrogen) atoms. The molecule has 0 bridgehead atoms. The van der Waals surface area contributed by atoms with Crippen LogP contribution in [-0.2, 0) is 6.54 Å². The summed E-state index contributed by atoms with van der Waals surface area (Å²) < 4.78 is 2.25. The van der Waals surface area contributed by atoms with Gasteiger partial charge in [0.25, 0.3) is 0 Å². The van der Waals surface area contributed by atoms with Crippen molar-refractivity contribution in [3.8, 4) is 0 Å². The summed E-state index contributed by atoms with van der Waals surface area (Å²) in [6.07, 6.45) is 2.96. The Labute approximate surface area is 168 Å². The van der Waals surface area contributed by atoms with Crippen LogP contribution in [-0.4, -0.2) is 22.4 Å². The van der Waals surface area contributed by atoms with Gasteiger partial charge in [0, 0.05) is 18.7 Å². The molecule has 0 saturated heterocycles. The fourth-order valence-corrected chi connectivity index (χ4v) is 4.53. The van der Waals surface area contributed by atoms with Crippen LogP contribution in [0.5, 0.6) is 0 Å². The van der Waals surface area contributed by atoms with Gasteiger partial charge in [-0.3, -0.25) is 4.79 Å². The molecule has 2 heterocycles. The van der Waals surface area contributed by atoms with Crippen LogP contribution in [0.1, 0.15) is 48.5 Å². The number of nitrogens with zero attached hydrogens (tertiary/aromatic N) is 3. The van der Waals surface area contributed by atoms with Crippen molar-refractivity contribution in [2.45, 2.75) is 39.2 Å². The van der Waals surface area contributed by atoms with E-state index >= 15 is 0 Å². The van der Waals surface area contributed by atoms with Crippen LogP contribution in [0.4, 0.5) is 11.6 Å². The maximum Gasteiger partial charge on any atom is 0.211 e. The molecule has 0 fully saturated rings. The van der Waals surface area contributed by atoms with Gasteiger partial charge in [-0.2, -0.15) is 0 Å². The first-order chi connectivity index (χ1) is 13.1. The summed E-state index contributed by atoms with van der Waals surface area (Å²) in [5.41, 5.74) is 4.71. The van der Waals surface area contributed by atoms with Crippen molar-refractivity contribution in [1.82, 2.24) is 9.55 Å². The van der Waals surface area contributed by atoms with Gasteiger partial charge < -0.3 is 9.47 Å². The Kier molecular flexibility index (Phi) is 4.87. The minimum Gasteiger partial charge on any atom is -0.309 e. The van der Waals surface area contributed by atoms with Crippen molar-refractivity contribution in [2.75, 3.05) is 11.4 Å². The summed E-state index contributed by atoms with van der Waals surface area (Å²) in [4.78, 5) is 18.0. The van der Waals surface area contributed by atoms with E-state index in [2.05, 4.69) is 29.4 Å². The monoisotopic (exact) mass is 401 g/mol. The second kappa shape index (κ2) is 7.17. The lowest BCUT2D eigenvalue weighted by Crippen LogP contribution is -2.14. The molecular weight excluding hydrogens is 381 g/mol. The van der Waals surface area contributed by atoms with Crippen molar-refractivity contribution in [2.24, 2.45) is 0 Å². The number of carbonyl (C=O) groups is 1. The standard InChI is InChI=1S/C21H21Cl2N3O/c1-3-14(4-2)15-6-7-16(22)19-20(15)26-10-9-25(21(26)24-19)18-8-5-13(12-27)11-17(18)23/h5-8,11-12,14H,3-4,9-10H2,1-2H3. The summed E-state index contributed by atoms with van der Waals surface area (Å²) in [6, 6.07) is 9.45. The van der Waals surface area contributed by atoms with Crippen LogP contribution in [0.3, 0.4) is 0 Å². The third-order valence-corrected chi connectivity index (χ3v) is 6.08. The third kappa shape index (κ3) is 2.91. The molecule has 3 aromatic rings. The Hall–Kier alpha value is -2.04. The van der Waals surface area contributed by atoms with Crippen LogP contribution in [0.2, 0.25) is 10.0 Å². The summed E-state index contributed by atoms with van der Waals surface area (Å²) in [6.45, 7) is 6.05. The molecule has 0 radical (unpaired) electrons. The number of halogens is 2. The number of hydrogen-bond donors (Lipinski definition) is 0. The minimum absolute atomic E-state index is 0.482. The average molecular weight is 402 g/mol. The van der Waals surface area contributed by atoms with Gasteiger partial charge in [-0.05, 0) is 48.6 Å². The molecular formula is C21H21Cl2N3O. The van der Waals surface area contributed by atoms with Gasteiger partial charge in [-0.1, -0.05) is 43.1 Å². The van der Waals surface area contributed by atoms with E-state index in [9.17, 15) is 4.79 Å². The number of fused-ring (bicyclic) bond motifs is 3. The number of aromatic nitrogens is 2. The Morgan fingerprint density at radius 2 is 1.89 bits per heavy atom. The highest BCUT2D eigenvalue weighted by atomic mass is 35.5. The smallest absolute Gasteiger partial charge is 0.211 e. The van der Waals surface area contributed by atoms with Crippen molar-refractivity contribution in [3.63, 3.8) is 0 Å². The largest absolute Gasteiger partial charge is 0.309 e. The minimum atomic E-state index is 0.482. The summed E-state index contributed by atoms with van der Waals surface area (Å²) in [5, 5.41) is 1.22. The maximum atomic E-state index is 11.0. The molecule has 2 aromatic carbocycles. The molecule has 0 saturated carbocycles. The van der Waals surface area contributed by atoms with Gasteiger partial charge in [-0.15, -0.1) is 0 Å². The molecule has 4 rings (SSSR count). The molecule has 6 heteroatoms. The molecule has 140 valence electrons. The van der Waals surface area contributed by atoms with E-state index in [1.807, 2.05) is 12.1 Å². The number of anilines is 2. The van der Waals surface area contributed by atoms with E-state index in [0.717, 1.165) is 54.9 Å². The van der Waals surface area contributed by atoms with Crippen LogP contribution in [0.15, 0.2) is 30.3 Å². The molecule has 4 nitrogen and oxygen atoms in total. The number of carbonyl (C=O) groups excluding carboxylic acids is 1. The average Bonchev–Trinajstić information content (AvgIpc) is 3.24. The normalized spacial score (nSPS) is 13.6. The number of hydrogen-bond acceptors (Lipinski definition) is 3. The first-order valence-corrected chi connectivity index (χ1v) is 10.1. The highest BCUT2D eigenvalue weighted by Crippen LogP contribution is 2.41. The van der Waals surface area contributed by atoms with Gasteiger partial charge in [0.05, 0.1) is 21.2 Å². The summed E-state index contributed by atoms with van der Waals surface area (Å²) in [5.74, 6) is 1.33. The van der Waals surface area contributed by atoms with Crippen molar-refractivity contribution < 1.29 is 4.79 Å². The molecule has 1 aliphatic heterocycles. The van der Waals surface area contributed by atoms with Gasteiger partial charge >= 0.3 is 0 Å². The predicted octanol–water partition coefficient (Wildman–Crippen LogP) is 6.21. The van der Waals surface area contributed by atoms with E-state index in [0.29, 0.717) is 21.5 Å². The van der Waals surface area contributed by atoms with Crippen molar-refractivity contribution in [3.05, 3.63) is 51.5 Å². The van der Waals surface area contributed by atoms with E-state index < -0.39 is 0 Å². The second-order valence-electron chi connectivity index (χ2n) is 6.89. The maximum absolute atomic E-state index is 11.0. The molecule has 1 aliphatic rings. The van der Waals surface area contributed by atoms with Crippen molar-refractivity contribution >= 4 is 52.2 Å². The summed E-state index contributed by atoms with van der Waals surface area (Å²) in [7, 11) is 0.